The van der Waals surface area contributed by atoms with Gasteiger partial charge in [-0.05, 0) is 37.5 Å². The SMILES string of the molecule is CC(c1cccc(F)c1)N1CCCCC1=N. The van der Waals surface area contributed by atoms with Crippen LogP contribution >= 0.6 is 0 Å². The molecule has 3 heteroatoms. The molecule has 1 atom stereocenters. The van der Waals surface area contributed by atoms with E-state index in [-0.39, 0.29) is 11.9 Å². The quantitative estimate of drug-likeness (QED) is 0.813. The van der Waals surface area contributed by atoms with E-state index in [4.69, 9.17) is 5.41 Å². The van der Waals surface area contributed by atoms with E-state index in [0.717, 1.165) is 31.4 Å². The summed E-state index contributed by atoms with van der Waals surface area (Å²) in [7, 11) is 0. The van der Waals surface area contributed by atoms with Crippen molar-refractivity contribution in [3.63, 3.8) is 0 Å². The molecule has 1 aromatic rings. The van der Waals surface area contributed by atoms with Crippen LogP contribution in [-0.4, -0.2) is 17.3 Å². The van der Waals surface area contributed by atoms with Crippen LogP contribution in [0.1, 0.15) is 37.8 Å². The molecule has 86 valence electrons. The van der Waals surface area contributed by atoms with E-state index >= 15 is 0 Å². The molecule has 0 aliphatic carbocycles. The van der Waals surface area contributed by atoms with Gasteiger partial charge in [-0.25, -0.2) is 4.39 Å². The monoisotopic (exact) mass is 220 g/mol. The molecule has 0 radical (unpaired) electrons. The zero-order valence-corrected chi connectivity index (χ0v) is 9.54. The summed E-state index contributed by atoms with van der Waals surface area (Å²) in [4.78, 5) is 2.07. The zero-order chi connectivity index (χ0) is 11.5. The third-order valence-electron chi connectivity index (χ3n) is 3.21. The highest BCUT2D eigenvalue weighted by atomic mass is 19.1. The first-order chi connectivity index (χ1) is 7.68. The summed E-state index contributed by atoms with van der Waals surface area (Å²) in [6.45, 7) is 2.95. The van der Waals surface area contributed by atoms with E-state index in [9.17, 15) is 4.39 Å². The van der Waals surface area contributed by atoms with Crippen LogP contribution < -0.4 is 0 Å². The number of nitrogens with one attached hydrogen (secondary N) is 1. The Morgan fingerprint density at radius 3 is 2.88 bits per heavy atom. The van der Waals surface area contributed by atoms with Crippen molar-refractivity contribution >= 4 is 5.84 Å². The molecule has 0 bridgehead atoms. The van der Waals surface area contributed by atoms with Gasteiger partial charge in [0.1, 0.15) is 5.82 Å². The Hall–Kier alpha value is -1.38. The van der Waals surface area contributed by atoms with E-state index in [1.54, 1.807) is 12.1 Å². The predicted molar refractivity (Wildman–Crippen MR) is 63.1 cm³/mol. The van der Waals surface area contributed by atoms with E-state index in [1.165, 1.54) is 6.07 Å². The maximum atomic E-state index is 13.1. The number of hydrogen-bond donors (Lipinski definition) is 1. The highest BCUT2D eigenvalue weighted by Crippen LogP contribution is 2.25. The Bertz CT molecular complexity index is 389. The minimum Gasteiger partial charge on any atom is -0.354 e. The molecule has 1 unspecified atom stereocenters. The van der Waals surface area contributed by atoms with Gasteiger partial charge in [-0.3, -0.25) is 5.41 Å². The lowest BCUT2D eigenvalue weighted by atomic mass is 10.0. The molecule has 0 saturated carbocycles. The van der Waals surface area contributed by atoms with Crippen LogP contribution in [0, 0.1) is 11.2 Å². The highest BCUT2D eigenvalue weighted by molar-refractivity contribution is 5.80. The predicted octanol–water partition coefficient (Wildman–Crippen LogP) is 3.35. The Morgan fingerprint density at radius 1 is 1.38 bits per heavy atom. The van der Waals surface area contributed by atoms with Crippen molar-refractivity contribution < 1.29 is 4.39 Å². The number of amidine groups is 1. The van der Waals surface area contributed by atoms with Gasteiger partial charge in [-0.15, -0.1) is 0 Å². The minimum absolute atomic E-state index is 0.100. The minimum atomic E-state index is -0.201. The third-order valence-corrected chi connectivity index (χ3v) is 3.21. The average molecular weight is 220 g/mol. The van der Waals surface area contributed by atoms with Crippen molar-refractivity contribution in [2.24, 2.45) is 0 Å². The van der Waals surface area contributed by atoms with Gasteiger partial charge < -0.3 is 4.90 Å². The van der Waals surface area contributed by atoms with Gasteiger partial charge in [-0.2, -0.15) is 0 Å². The van der Waals surface area contributed by atoms with Crippen molar-refractivity contribution in [1.29, 1.82) is 5.41 Å². The van der Waals surface area contributed by atoms with Crippen LogP contribution in [-0.2, 0) is 0 Å². The van der Waals surface area contributed by atoms with E-state index in [2.05, 4.69) is 4.90 Å². The third kappa shape index (κ3) is 2.23. The smallest absolute Gasteiger partial charge is 0.123 e. The molecule has 2 rings (SSSR count). The van der Waals surface area contributed by atoms with Crippen molar-refractivity contribution in [2.75, 3.05) is 6.54 Å². The number of halogens is 1. The zero-order valence-electron chi connectivity index (χ0n) is 9.54. The molecule has 1 fully saturated rings. The van der Waals surface area contributed by atoms with Crippen molar-refractivity contribution in [3.05, 3.63) is 35.6 Å². The van der Waals surface area contributed by atoms with Crippen LogP contribution in [0.2, 0.25) is 0 Å². The van der Waals surface area contributed by atoms with Gasteiger partial charge in [0, 0.05) is 13.0 Å². The Balaban J connectivity index is 2.17. The molecule has 1 saturated heterocycles. The summed E-state index contributed by atoms with van der Waals surface area (Å²) >= 11 is 0. The van der Waals surface area contributed by atoms with E-state index in [0.29, 0.717) is 5.84 Å². The number of rotatable bonds is 2. The fraction of sp³-hybridized carbons (Fsp3) is 0.462. The van der Waals surface area contributed by atoms with Crippen LogP contribution in [0.25, 0.3) is 0 Å². The molecular weight excluding hydrogens is 203 g/mol. The van der Waals surface area contributed by atoms with Crippen LogP contribution in [0.5, 0.6) is 0 Å². The second kappa shape index (κ2) is 4.64. The van der Waals surface area contributed by atoms with E-state index < -0.39 is 0 Å². The fourth-order valence-electron chi connectivity index (χ4n) is 2.23. The molecule has 16 heavy (non-hydrogen) atoms. The first-order valence-corrected chi connectivity index (χ1v) is 5.78. The molecule has 1 aliphatic rings. The van der Waals surface area contributed by atoms with Gasteiger partial charge >= 0.3 is 0 Å². The van der Waals surface area contributed by atoms with E-state index in [1.807, 2.05) is 13.0 Å². The molecule has 1 heterocycles. The Kier molecular flexibility index (Phi) is 3.22. The largest absolute Gasteiger partial charge is 0.354 e. The summed E-state index contributed by atoms with van der Waals surface area (Å²) in [5.74, 6) is 0.482. The Morgan fingerprint density at radius 2 is 2.19 bits per heavy atom. The molecule has 0 spiro atoms. The molecule has 0 amide bonds. The second-order valence-electron chi connectivity index (χ2n) is 4.33. The fourth-order valence-corrected chi connectivity index (χ4v) is 2.23. The Labute approximate surface area is 95.6 Å². The summed E-state index contributed by atoms with van der Waals surface area (Å²) in [5.41, 5.74) is 0.951. The van der Waals surface area contributed by atoms with Crippen LogP contribution in [0.15, 0.2) is 24.3 Å². The maximum absolute atomic E-state index is 13.1. The van der Waals surface area contributed by atoms with Gasteiger partial charge in [0.2, 0.25) is 0 Å². The number of hydrogen-bond acceptors (Lipinski definition) is 1. The van der Waals surface area contributed by atoms with Crippen LogP contribution in [0.3, 0.4) is 0 Å². The van der Waals surface area contributed by atoms with Crippen molar-refractivity contribution in [3.8, 4) is 0 Å². The standard InChI is InChI=1S/C13H17FN2/c1-10(11-5-4-6-12(14)9-11)16-8-3-2-7-13(16)15/h4-6,9-10,15H,2-3,7-8H2,1H3. The normalized spacial score (nSPS) is 18.6. The summed E-state index contributed by atoms with van der Waals surface area (Å²) < 4.78 is 13.1. The first kappa shape index (κ1) is 11.1. The maximum Gasteiger partial charge on any atom is 0.123 e. The van der Waals surface area contributed by atoms with Crippen LogP contribution in [0.4, 0.5) is 4.39 Å². The average Bonchev–Trinajstić information content (AvgIpc) is 2.29. The molecule has 1 aliphatic heterocycles. The summed E-state index contributed by atoms with van der Waals surface area (Å²) in [6, 6.07) is 6.78. The number of nitrogens with zero attached hydrogens (tertiary/aromatic N) is 1. The van der Waals surface area contributed by atoms with Gasteiger partial charge in [0.05, 0.1) is 11.9 Å². The number of likely N-dealkylation sites (tertiary alicyclic amines) is 1. The van der Waals surface area contributed by atoms with Crippen molar-refractivity contribution in [2.45, 2.75) is 32.2 Å². The summed E-state index contributed by atoms with van der Waals surface area (Å²) in [5, 5.41) is 7.91. The van der Waals surface area contributed by atoms with Gasteiger partial charge in [0.15, 0.2) is 0 Å². The summed E-state index contributed by atoms with van der Waals surface area (Å²) in [6.07, 6.45) is 3.08. The molecule has 0 aromatic heterocycles. The molecule has 1 aromatic carbocycles. The lowest BCUT2D eigenvalue weighted by molar-refractivity contribution is 0.299. The number of piperidine rings is 1. The number of benzene rings is 1. The van der Waals surface area contributed by atoms with Gasteiger partial charge in [0.25, 0.3) is 0 Å². The lowest BCUT2D eigenvalue weighted by Crippen LogP contribution is -2.36. The first-order valence-electron chi connectivity index (χ1n) is 5.78. The lowest BCUT2D eigenvalue weighted by Gasteiger charge is -2.35. The van der Waals surface area contributed by atoms with Crippen molar-refractivity contribution in [1.82, 2.24) is 4.90 Å². The molecule has 1 N–H and O–H groups in total. The molecular formula is C13H17FN2. The second-order valence-corrected chi connectivity index (χ2v) is 4.33. The van der Waals surface area contributed by atoms with Gasteiger partial charge in [-0.1, -0.05) is 12.1 Å². The topological polar surface area (TPSA) is 27.1 Å². The molecule has 2 nitrogen and oxygen atoms in total. The highest BCUT2D eigenvalue weighted by Gasteiger charge is 2.21.